The first-order chi connectivity index (χ1) is 13.1. The Balaban J connectivity index is 1.79. The standard InChI is InChI=1S/C20H18ClN3O2S/c1-3-11-24-19(14-7-9-16(21)10-8-14)22-23-20(24)27-13-18(25)15-5-4-6-17(12-15)26-2/h3-10,12H,1,11,13H2,2H3. The lowest BCUT2D eigenvalue weighted by molar-refractivity contribution is 0.102. The van der Waals surface area contributed by atoms with Crippen molar-refractivity contribution in [1.29, 1.82) is 0 Å². The van der Waals surface area contributed by atoms with Crippen molar-refractivity contribution in [2.75, 3.05) is 12.9 Å². The van der Waals surface area contributed by atoms with Gasteiger partial charge in [-0.05, 0) is 36.4 Å². The number of hydrogen-bond donors (Lipinski definition) is 0. The molecule has 2 aromatic carbocycles. The highest BCUT2D eigenvalue weighted by atomic mass is 35.5. The SMILES string of the molecule is C=CCn1c(SCC(=O)c2cccc(OC)c2)nnc1-c1ccc(Cl)cc1. The van der Waals surface area contributed by atoms with Crippen molar-refractivity contribution in [2.45, 2.75) is 11.7 Å². The van der Waals surface area contributed by atoms with Gasteiger partial charge in [-0.1, -0.05) is 41.6 Å². The summed E-state index contributed by atoms with van der Waals surface area (Å²) in [5.74, 6) is 1.62. The topological polar surface area (TPSA) is 57.0 Å². The van der Waals surface area contributed by atoms with Crippen LogP contribution >= 0.6 is 23.4 Å². The summed E-state index contributed by atoms with van der Waals surface area (Å²) in [5, 5.41) is 9.86. The number of nitrogens with zero attached hydrogens (tertiary/aromatic N) is 3. The highest BCUT2D eigenvalue weighted by molar-refractivity contribution is 7.99. The molecule has 0 amide bonds. The number of carbonyl (C=O) groups is 1. The highest BCUT2D eigenvalue weighted by Gasteiger charge is 2.16. The summed E-state index contributed by atoms with van der Waals surface area (Å²) in [6.45, 7) is 4.34. The van der Waals surface area contributed by atoms with Crippen molar-refractivity contribution in [3.63, 3.8) is 0 Å². The molecule has 3 rings (SSSR count). The molecule has 1 heterocycles. The Morgan fingerprint density at radius 3 is 2.74 bits per heavy atom. The Morgan fingerprint density at radius 2 is 2.04 bits per heavy atom. The van der Waals surface area contributed by atoms with Crippen LogP contribution in [0.4, 0.5) is 0 Å². The second kappa shape index (κ2) is 8.88. The monoisotopic (exact) mass is 399 g/mol. The van der Waals surface area contributed by atoms with Gasteiger partial charge in [0.2, 0.25) is 0 Å². The zero-order chi connectivity index (χ0) is 19.2. The number of Topliss-reactive ketones (excluding diaryl/α,β-unsaturated/α-hetero) is 1. The molecule has 0 bridgehead atoms. The number of aromatic nitrogens is 3. The minimum Gasteiger partial charge on any atom is -0.497 e. The molecule has 0 fully saturated rings. The third-order valence-corrected chi connectivity index (χ3v) is 5.07. The molecular weight excluding hydrogens is 382 g/mol. The predicted molar refractivity (Wildman–Crippen MR) is 109 cm³/mol. The molecule has 0 spiro atoms. The summed E-state index contributed by atoms with van der Waals surface area (Å²) in [4.78, 5) is 12.5. The quantitative estimate of drug-likeness (QED) is 0.310. The van der Waals surface area contributed by atoms with E-state index in [9.17, 15) is 4.79 Å². The minimum absolute atomic E-state index is 0.0000889. The molecule has 0 saturated heterocycles. The van der Waals surface area contributed by atoms with Crippen LogP contribution in [0.3, 0.4) is 0 Å². The molecule has 1 aromatic heterocycles. The van der Waals surface area contributed by atoms with Gasteiger partial charge in [0, 0.05) is 22.7 Å². The molecule has 7 heteroatoms. The zero-order valence-corrected chi connectivity index (χ0v) is 16.3. The van der Waals surface area contributed by atoms with Crippen molar-refractivity contribution in [3.05, 3.63) is 71.8 Å². The largest absolute Gasteiger partial charge is 0.497 e. The number of ether oxygens (including phenoxy) is 1. The number of hydrogen-bond acceptors (Lipinski definition) is 5. The van der Waals surface area contributed by atoms with Gasteiger partial charge in [0.25, 0.3) is 0 Å². The Hall–Kier alpha value is -2.57. The predicted octanol–water partition coefficient (Wildman–Crippen LogP) is 4.77. The molecule has 0 aliphatic heterocycles. The molecule has 27 heavy (non-hydrogen) atoms. The first-order valence-corrected chi connectivity index (χ1v) is 9.59. The van der Waals surface area contributed by atoms with E-state index in [4.69, 9.17) is 16.3 Å². The molecule has 0 N–H and O–H groups in total. The van der Waals surface area contributed by atoms with Crippen LogP contribution in [0.2, 0.25) is 5.02 Å². The third kappa shape index (κ3) is 4.59. The van der Waals surface area contributed by atoms with Gasteiger partial charge < -0.3 is 4.74 Å². The fraction of sp³-hybridized carbons (Fsp3) is 0.150. The number of benzene rings is 2. The van der Waals surface area contributed by atoms with Gasteiger partial charge in [-0.15, -0.1) is 16.8 Å². The number of thioether (sulfide) groups is 1. The molecule has 0 aliphatic carbocycles. The van der Waals surface area contributed by atoms with Gasteiger partial charge in [0.05, 0.1) is 12.9 Å². The second-order valence-electron chi connectivity index (χ2n) is 5.66. The van der Waals surface area contributed by atoms with Crippen LogP contribution in [0.5, 0.6) is 5.75 Å². The van der Waals surface area contributed by atoms with E-state index in [0.717, 1.165) is 5.56 Å². The fourth-order valence-electron chi connectivity index (χ4n) is 2.51. The van der Waals surface area contributed by atoms with Crippen molar-refractivity contribution in [3.8, 4) is 17.1 Å². The van der Waals surface area contributed by atoms with Crippen molar-refractivity contribution >= 4 is 29.1 Å². The van der Waals surface area contributed by atoms with Crippen LogP contribution in [-0.2, 0) is 6.54 Å². The van der Waals surface area contributed by atoms with Gasteiger partial charge >= 0.3 is 0 Å². The van der Waals surface area contributed by atoms with Gasteiger partial charge in [-0.2, -0.15) is 0 Å². The molecule has 3 aromatic rings. The Bertz CT molecular complexity index is 954. The average molecular weight is 400 g/mol. The number of rotatable bonds is 8. The Morgan fingerprint density at radius 1 is 1.26 bits per heavy atom. The van der Waals surface area contributed by atoms with E-state index in [0.29, 0.717) is 33.9 Å². The van der Waals surface area contributed by atoms with Gasteiger partial charge in [-0.25, -0.2) is 0 Å². The summed E-state index contributed by atoms with van der Waals surface area (Å²) in [6.07, 6.45) is 1.77. The number of ketones is 1. The van der Waals surface area contributed by atoms with E-state index >= 15 is 0 Å². The molecule has 0 radical (unpaired) electrons. The third-order valence-electron chi connectivity index (χ3n) is 3.86. The average Bonchev–Trinajstić information content (AvgIpc) is 3.09. The first-order valence-electron chi connectivity index (χ1n) is 8.22. The van der Waals surface area contributed by atoms with E-state index in [1.165, 1.54) is 11.8 Å². The van der Waals surface area contributed by atoms with Crippen molar-refractivity contribution in [1.82, 2.24) is 14.8 Å². The number of halogens is 1. The Kier molecular flexibility index (Phi) is 6.32. The molecule has 0 saturated carbocycles. The number of methoxy groups -OCH3 is 1. The Labute approximate surface area is 167 Å². The number of allylic oxidation sites excluding steroid dienone is 1. The van der Waals surface area contributed by atoms with Crippen LogP contribution in [-0.4, -0.2) is 33.4 Å². The normalized spacial score (nSPS) is 10.6. The maximum Gasteiger partial charge on any atom is 0.192 e. The molecule has 0 aliphatic rings. The van der Waals surface area contributed by atoms with E-state index in [1.807, 2.05) is 34.9 Å². The van der Waals surface area contributed by atoms with Crippen LogP contribution in [0.1, 0.15) is 10.4 Å². The summed E-state index contributed by atoms with van der Waals surface area (Å²) < 4.78 is 7.10. The zero-order valence-electron chi connectivity index (χ0n) is 14.8. The van der Waals surface area contributed by atoms with Crippen molar-refractivity contribution in [2.24, 2.45) is 0 Å². The molecule has 0 unspecified atom stereocenters. The lowest BCUT2D eigenvalue weighted by Crippen LogP contribution is -2.05. The summed E-state index contributed by atoms with van der Waals surface area (Å²) in [5.41, 5.74) is 1.51. The van der Waals surface area contributed by atoms with E-state index in [-0.39, 0.29) is 11.5 Å². The highest BCUT2D eigenvalue weighted by Crippen LogP contribution is 2.26. The van der Waals surface area contributed by atoms with E-state index < -0.39 is 0 Å². The lowest BCUT2D eigenvalue weighted by Gasteiger charge is -2.08. The van der Waals surface area contributed by atoms with Gasteiger partial charge in [-0.3, -0.25) is 9.36 Å². The summed E-state index contributed by atoms with van der Waals surface area (Å²) in [7, 11) is 1.58. The van der Waals surface area contributed by atoms with Gasteiger partial charge in [0.1, 0.15) is 5.75 Å². The van der Waals surface area contributed by atoms with Crippen molar-refractivity contribution < 1.29 is 9.53 Å². The van der Waals surface area contributed by atoms with Crippen LogP contribution in [0.15, 0.2) is 66.3 Å². The van der Waals surface area contributed by atoms with Crippen LogP contribution in [0, 0.1) is 0 Å². The van der Waals surface area contributed by atoms with Gasteiger partial charge in [0.15, 0.2) is 16.8 Å². The van der Waals surface area contributed by atoms with E-state index in [1.54, 1.807) is 31.4 Å². The smallest absolute Gasteiger partial charge is 0.192 e. The maximum absolute atomic E-state index is 12.5. The maximum atomic E-state index is 12.5. The molecule has 0 atom stereocenters. The second-order valence-corrected chi connectivity index (χ2v) is 7.04. The van der Waals surface area contributed by atoms with E-state index in [2.05, 4.69) is 16.8 Å². The number of carbonyl (C=O) groups excluding carboxylic acids is 1. The molecular formula is C20H18ClN3O2S. The van der Waals surface area contributed by atoms with Crippen LogP contribution < -0.4 is 4.74 Å². The lowest BCUT2D eigenvalue weighted by atomic mass is 10.1. The molecule has 5 nitrogen and oxygen atoms in total. The van der Waals surface area contributed by atoms with Crippen LogP contribution in [0.25, 0.3) is 11.4 Å². The molecule has 138 valence electrons. The minimum atomic E-state index is 0.0000889. The fourth-order valence-corrected chi connectivity index (χ4v) is 3.48. The summed E-state index contributed by atoms with van der Waals surface area (Å²) >= 11 is 7.31. The summed E-state index contributed by atoms with van der Waals surface area (Å²) in [6, 6.07) is 14.5. The first kappa shape index (κ1) is 19.2.